The Balaban J connectivity index is 2.40. The van der Waals surface area contributed by atoms with Crippen LogP contribution in [0.3, 0.4) is 0 Å². The van der Waals surface area contributed by atoms with E-state index in [1.165, 1.54) is 0 Å². The number of hydrogen-bond donors (Lipinski definition) is 2. The lowest BCUT2D eigenvalue weighted by Crippen LogP contribution is -2.34. The van der Waals surface area contributed by atoms with E-state index >= 15 is 0 Å². The van der Waals surface area contributed by atoms with Gasteiger partial charge in [-0.15, -0.1) is 0 Å². The van der Waals surface area contributed by atoms with Gasteiger partial charge >= 0.3 is 0 Å². The molecule has 82 valence electrons. The molecule has 0 radical (unpaired) electrons. The van der Waals surface area contributed by atoms with Crippen molar-refractivity contribution in [2.24, 2.45) is 11.7 Å². The Labute approximate surface area is 89.9 Å². The highest BCUT2D eigenvalue weighted by molar-refractivity contribution is 5.78. The third kappa shape index (κ3) is 3.67. The van der Waals surface area contributed by atoms with Crippen molar-refractivity contribution in [3.05, 3.63) is 30.1 Å². The van der Waals surface area contributed by atoms with Gasteiger partial charge in [-0.05, 0) is 18.1 Å². The number of carbonyl (C=O) groups excluding carboxylic acids is 1. The molecule has 0 saturated carbocycles. The van der Waals surface area contributed by atoms with Crippen molar-refractivity contribution in [2.75, 3.05) is 6.54 Å². The Bertz CT molecular complexity index is 296. The second-order valence-electron chi connectivity index (χ2n) is 3.42. The lowest BCUT2D eigenvalue weighted by Gasteiger charge is -2.12. The number of rotatable bonds is 5. The zero-order chi connectivity index (χ0) is 11.1. The summed E-state index contributed by atoms with van der Waals surface area (Å²) in [7, 11) is 0. The number of pyridine rings is 1. The Morgan fingerprint density at radius 3 is 3.00 bits per heavy atom. The summed E-state index contributed by atoms with van der Waals surface area (Å²) in [6.45, 7) is 2.87. The zero-order valence-electron chi connectivity index (χ0n) is 8.94. The summed E-state index contributed by atoms with van der Waals surface area (Å²) >= 11 is 0. The van der Waals surface area contributed by atoms with Crippen molar-refractivity contribution in [1.29, 1.82) is 0 Å². The molecule has 3 N–H and O–H groups in total. The first-order valence-corrected chi connectivity index (χ1v) is 5.14. The Hall–Kier alpha value is -1.42. The largest absolute Gasteiger partial charge is 0.352 e. The van der Waals surface area contributed by atoms with Crippen LogP contribution in [0.15, 0.2) is 24.5 Å². The van der Waals surface area contributed by atoms with Crippen LogP contribution >= 0.6 is 0 Å². The van der Waals surface area contributed by atoms with Gasteiger partial charge in [-0.1, -0.05) is 13.0 Å². The molecule has 1 unspecified atom stereocenters. The average Bonchev–Trinajstić information content (AvgIpc) is 2.29. The molecule has 4 nitrogen and oxygen atoms in total. The van der Waals surface area contributed by atoms with E-state index in [0.29, 0.717) is 13.1 Å². The normalized spacial score (nSPS) is 12.1. The van der Waals surface area contributed by atoms with E-state index in [9.17, 15) is 4.79 Å². The van der Waals surface area contributed by atoms with E-state index < -0.39 is 0 Å². The molecule has 0 bridgehead atoms. The highest BCUT2D eigenvalue weighted by atomic mass is 16.1. The summed E-state index contributed by atoms with van der Waals surface area (Å²) < 4.78 is 0. The van der Waals surface area contributed by atoms with Crippen LogP contribution in [0, 0.1) is 5.92 Å². The second-order valence-corrected chi connectivity index (χ2v) is 3.42. The average molecular weight is 207 g/mol. The van der Waals surface area contributed by atoms with Crippen LogP contribution in [-0.2, 0) is 11.3 Å². The predicted molar refractivity (Wildman–Crippen MR) is 58.9 cm³/mol. The van der Waals surface area contributed by atoms with E-state index in [2.05, 4.69) is 10.3 Å². The van der Waals surface area contributed by atoms with E-state index in [1.54, 1.807) is 12.4 Å². The van der Waals surface area contributed by atoms with E-state index in [0.717, 1.165) is 12.0 Å². The molecule has 1 amide bonds. The molecule has 0 aliphatic carbocycles. The van der Waals surface area contributed by atoms with Crippen molar-refractivity contribution in [2.45, 2.75) is 19.9 Å². The van der Waals surface area contributed by atoms with Gasteiger partial charge in [0.05, 0.1) is 0 Å². The van der Waals surface area contributed by atoms with Gasteiger partial charge in [-0.3, -0.25) is 9.78 Å². The zero-order valence-corrected chi connectivity index (χ0v) is 8.94. The van der Waals surface area contributed by atoms with Crippen LogP contribution in [-0.4, -0.2) is 17.4 Å². The molecule has 0 aliphatic rings. The fraction of sp³-hybridized carbons (Fsp3) is 0.455. The third-order valence-corrected chi connectivity index (χ3v) is 2.34. The SMILES string of the molecule is CCC(CN)C(=O)NCc1cccnc1. The van der Waals surface area contributed by atoms with Gasteiger partial charge in [0.25, 0.3) is 0 Å². The van der Waals surface area contributed by atoms with Crippen LogP contribution in [0.25, 0.3) is 0 Å². The number of amides is 1. The van der Waals surface area contributed by atoms with Crippen molar-refractivity contribution < 1.29 is 4.79 Å². The van der Waals surface area contributed by atoms with Gasteiger partial charge in [-0.25, -0.2) is 0 Å². The van der Waals surface area contributed by atoms with Crippen LogP contribution in [0.2, 0.25) is 0 Å². The lowest BCUT2D eigenvalue weighted by molar-refractivity contribution is -0.124. The predicted octanol–water partition coefficient (Wildman–Crippen LogP) is 0.683. The van der Waals surface area contributed by atoms with Gasteiger partial charge in [0, 0.05) is 31.4 Å². The summed E-state index contributed by atoms with van der Waals surface area (Å²) in [4.78, 5) is 15.5. The highest BCUT2D eigenvalue weighted by Crippen LogP contribution is 2.01. The van der Waals surface area contributed by atoms with Gasteiger partial charge in [0.1, 0.15) is 0 Å². The maximum absolute atomic E-state index is 11.6. The number of nitrogens with two attached hydrogens (primary N) is 1. The van der Waals surface area contributed by atoms with E-state index in [-0.39, 0.29) is 11.8 Å². The van der Waals surface area contributed by atoms with Crippen molar-refractivity contribution in [3.63, 3.8) is 0 Å². The maximum Gasteiger partial charge on any atom is 0.224 e. The maximum atomic E-state index is 11.6. The summed E-state index contributed by atoms with van der Waals surface area (Å²) in [6.07, 6.45) is 4.22. The third-order valence-electron chi connectivity index (χ3n) is 2.34. The minimum atomic E-state index is -0.0818. The van der Waals surface area contributed by atoms with Crippen molar-refractivity contribution in [3.8, 4) is 0 Å². The quantitative estimate of drug-likeness (QED) is 0.746. The number of aromatic nitrogens is 1. The molecular formula is C11H17N3O. The first-order chi connectivity index (χ1) is 7.27. The molecule has 0 spiro atoms. The first kappa shape index (κ1) is 11.7. The molecule has 0 saturated heterocycles. The minimum absolute atomic E-state index is 0.0175. The fourth-order valence-electron chi connectivity index (χ4n) is 1.30. The standard InChI is InChI=1S/C11H17N3O/c1-2-10(6-12)11(15)14-8-9-4-3-5-13-7-9/h3-5,7,10H,2,6,8,12H2,1H3,(H,14,15). The summed E-state index contributed by atoms with van der Waals surface area (Å²) in [5.41, 5.74) is 6.48. The molecule has 0 aromatic carbocycles. The number of nitrogens with zero attached hydrogens (tertiary/aromatic N) is 1. The second kappa shape index (κ2) is 6.14. The molecular weight excluding hydrogens is 190 g/mol. The van der Waals surface area contributed by atoms with E-state index in [4.69, 9.17) is 5.73 Å². The molecule has 4 heteroatoms. The van der Waals surface area contributed by atoms with Crippen LogP contribution in [0.5, 0.6) is 0 Å². The van der Waals surface area contributed by atoms with Gasteiger partial charge < -0.3 is 11.1 Å². The minimum Gasteiger partial charge on any atom is -0.352 e. The fourth-order valence-corrected chi connectivity index (χ4v) is 1.30. The first-order valence-electron chi connectivity index (χ1n) is 5.14. The number of carbonyl (C=O) groups is 1. The summed E-state index contributed by atoms with van der Waals surface area (Å²) in [5, 5.41) is 2.84. The highest BCUT2D eigenvalue weighted by Gasteiger charge is 2.13. The van der Waals surface area contributed by atoms with Crippen LogP contribution < -0.4 is 11.1 Å². The Morgan fingerprint density at radius 1 is 1.67 bits per heavy atom. The van der Waals surface area contributed by atoms with Crippen molar-refractivity contribution in [1.82, 2.24) is 10.3 Å². The summed E-state index contributed by atoms with van der Waals surface area (Å²) in [6, 6.07) is 3.78. The number of hydrogen-bond acceptors (Lipinski definition) is 3. The molecule has 0 aliphatic heterocycles. The van der Waals surface area contributed by atoms with E-state index in [1.807, 2.05) is 19.1 Å². The summed E-state index contributed by atoms with van der Waals surface area (Å²) in [5.74, 6) is -0.0643. The topological polar surface area (TPSA) is 68.0 Å². The molecule has 0 fully saturated rings. The molecule has 15 heavy (non-hydrogen) atoms. The van der Waals surface area contributed by atoms with Gasteiger partial charge in [0.15, 0.2) is 0 Å². The monoisotopic (exact) mass is 207 g/mol. The number of nitrogens with one attached hydrogen (secondary N) is 1. The Kier molecular flexibility index (Phi) is 4.77. The molecule has 1 rings (SSSR count). The van der Waals surface area contributed by atoms with Crippen LogP contribution in [0.4, 0.5) is 0 Å². The molecule has 1 aromatic heterocycles. The van der Waals surface area contributed by atoms with Gasteiger partial charge in [0.2, 0.25) is 5.91 Å². The van der Waals surface area contributed by atoms with Crippen LogP contribution in [0.1, 0.15) is 18.9 Å². The molecule has 1 heterocycles. The smallest absolute Gasteiger partial charge is 0.224 e. The Morgan fingerprint density at radius 2 is 2.47 bits per heavy atom. The van der Waals surface area contributed by atoms with Gasteiger partial charge in [-0.2, -0.15) is 0 Å². The molecule has 1 atom stereocenters. The molecule has 1 aromatic rings. The lowest BCUT2D eigenvalue weighted by atomic mass is 10.1. The van der Waals surface area contributed by atoms with Crippen molar-refractivity contribution >= 4 is 5.91 Å².